The highest BCUT2D eigenvalue weighted by atomic mass is 16.6. The van der Waals surface area contributed by atoms with Crippen molar-refractivity contribution < 1.29 is 28.6 Å². The Hall–Kier alpha value is -2.43. The molecule has 0 aromatic carbocycles. The highest BCUT2D eigenvalue weighted by molar-refractivity contribution is 6.25. The van der Waals surface area contributed by atoms with Gasteiger partial charge in [0.05, 0.1) is 35.5 Å². The Morgan fingerprint density at radius 3 is 2.75 bits per heavy atom. The molecule has 0 radical (unpaired) electrons. The van der Waals surface area contributed by atoms with Crippen molar-refractivity contribution in [3.63, 3.8) is 0 Å². The summed E-state index contributed by atoms with van der Waals surface area (Å²) in [6, 6.07) is 0.0437. The third-order valence-corrected chi connectivity index (χ3v) is 5.92. The zero-order valence-electron chi connectivity index (χ0n) is 15.8. The lowest BCUT2D eigenvalue weighted by atomic mass is 9.82. The van der Waals surface area contributed by atoms with Gasteiger partial charge in [0.2, 0.25) is 11.6 Å². The van der Waals surface area contributed by atoms with E-state index in [1.807, 2.05) is 11.8 Å². The molecule has 0 aromatic heterocycles. The van der Waals surface area contributed by atoms with Crippen molar-refractivity contribution in [3.05, 3.63) is 22.5 Å². The molecule has 10 nitrogen and oxygen atoms in total. The molecular formula is C18H24N4O6. The fraction of sp³-hybridized carbons (Fsp3) is 0.611. The molecule has 1 amide bonds. The van der Waals surface area contributed by atoms with Crippen LogP contribution in [0.15, 0.2) is 22.5 Å². The third kappa shape index (κ3) is 2.41. The minimum Gasteiger partial charge on any atom is -0.449 e. The number of Topliss-reactive ketones (excluding diaryl/α,β-unsaturated/α-hetero) is 2. The first-order chi connectivity index (χ1) is 13.4. The van der Waals surface area contributed by atoms with Gasteiger partial charge in [0, 0.05) is 31.9 Å². The Bertz CT molecular complexity index is 821. The number of nitrogens with two attached hydrogens (primary N) is 2. The summed E-state index contributed by atoms with van der Waals surface area (Å²) in [4.78, 5) is 39.5. The van der Waals surface area contributed by atoms with Crippen molar-refractivity contribution in [2.75, 3.05) is 33.5 Å². The number of nitrogens with zero attached hydrogens (tertiary/aromatic N) is 1. The van der Waals surface area contributed by atoms with Gasteiger partial charge in [0.1, 0.15) is 6.61 Å². The SMILES string of the molecule is CCCOCC1=C(N)C(=O)C2=C(C1=O)N1C[C@@H]3N[C@@H]3[C@]1(OC)[C@@H]2COC(N)=O. The summed E-state index contributed by atoms with van der Waals surface area (Å²) in [5, 5.41) is 3.30. The number of rotatable bonds is 7. The Morgan fingerprint density at radius 2 is 2.11 bits per heavy atom. The Kier molecular flexibility index (Phi) is 4.44. The van der Waals surface area contributed by atoms with Crippen LogP contribution in [0.25, 0.3) is 0 Å². The smallest absolute Gasteiger partial charge is 0.404 e. The molecule has 0 spiro atoms. The summed E-state index contributed by atoms with van der Waals surface area (Å²) in [5.41, 5.74) is 10.7. The second kappa shape index (κ2) is 6.57. The number of methoxy groups -OCH3 is 1. The van der Waals surface area contributed by atoms with Gasteiger partial charge in [-0.25, -0.2) is 4.79 Å². The van der Waals surface area contributed by atoms with Crippen LogP contribution in [0.5, 0.6) is 0 Å². The minimum atomic E-state index is -1.00. The molecule has 10 heteroatoms. The Balaban J connectivity index is 1.74. The highest BCUT2D eigenvalue weighted by Crippen LogP contribution is 2.55. The summed E-state index contributed by atoms with van der Waals surface area (Å²) in [7, 11) is 1.52. The number of primary amides is 1. The molecule has 0 saturated carbocycles. The molecule has 4 aliphatic rings. The van der Waals surface area contributed by atoms with Crippen molar-refractivity contribution >= 4 is 17.7 Å². The summed E-state index contributed by atoms with van der Waals surface area (Å²) in [6.07, 6.45) is -0.180. The molecule has 0 aromatic rings. The van der Waals surface area contributed by atoms with E-state index >= 15 is 0 Å². The molecule has 0 unspecified atom stereocenters. The standard InChI is InChI=1S/C18H24N4O6/c1-3-4-27-6-8-12(19)15(24)11-9(7-28-17(20)25)18(26-2)16-10(21-16)5-22(18)13(11)14(8)23/h9-10,16,21H,3-7,19H2,1-2H3,(H2,20,25)/t9-,10+,16+,18-/m1/s1. The molecule has 3 aliphatic heterocycles. The molecule has 2 fully saturated rings. The monoisotopic (exact) mass is 392 g/mol. The van der Waals surface area contributed by atoms with Crippen LogP contribution in [-0.2, 0) is 23.8 Å². The topological polar surface area (TPSA) is 156 Å². The average molecular weight is 392 g/mol. The molecule has 28 heavy (non-hydrogen) atoms. The molecule has 4 rings (SSSR count). The first-order valence-corrected chi connectivity index (χ1v) is 9.29. The van der Waals surface area contributed by atoms with E-state index in [9.17, 15) is 14.4 Å². The normalized spacial score (nSPS) is 33.2. The van der Waals surface area contributed by atoms with Crippen molar-refractivity contribution in [1.29, 1.82) is 0 Å². The van der Waals surface area contributed by atoms with Crippen LogP contribution in [0.4, 0.5) is 4.79 Å². The lowest BCUT2D eigenvalue weighted by molar-refractivity contribution is -0.137. The molecule has 5 N–H and O–H groups in total. The molecule has 3 heterocycles. The second-order valence-corrected chi connectivity index (χ2v) is 7.37. The molecular weight excluding hydrogens is 368 g/mol. The second-order valence-electron chi connectivity index (χ2n) is 7.37. The summed E-state index contributed by atoms with van der Waals surface area (Å²) in [5.74, 6) is -1.48. The van der Waals surface area contributed by atoms with Crippen LogP contribution in [0.2, 0.25) is 0 Å². The Labute approximate surface area is 161 Å². The number of ketones is 2. The largest absolute Gasteiger partial charge is 0.449 e. The van der Waals surface area contributed by atoms with Gasteiger partial charge < -0.3 is 35.9 Å². The first-order valence-electron chi connectivity index (χ1n) is 9.29. The van der Waals surface area contributed by atoms with Crippen LogP contribution < -0.4 is 16.8 Å². The van der Waals surface area contributed by atoms with E-state index in [-0.39, 0.29) is 53.6 Å². The number of nitrogens with one attached hydrogen (secondary N) is 1. The van der Waals surface area contributed by atoms with Gasteiger partial charge in [-0.05, 0) is 6.42 Å². The summed E-state index contributed by atoms with van der Waals surface area (Å²) in [6.45, 7) is 2.70. The molecule has 152 valence electrons. The highest BCUT2D eigenvalue weighted by Gasteiger charge is 2.72. The Morgan fingerprint density at radius 1 is 1.36 bits per heavy atom. The minimum absolute atomic E-state index is 0.0254. The number of fused-ring (bicyclic) bond motifs is 4. The van der Waals surface area contributed by atoms with Gasteiger partial charge in [0.25, 0.3) is 0 Å². The number of piperazine rings is 1. The fourth-order valence-corrected chi connectivity index (χ4v) is 4.70. The van der Waals surface area contributed by atoms with Gasteiger partial charge in [-0.2, -0.15) is 0 Å². The average Bonchev–Trinajstić information content (AvgIpc) is 3.27. The van der Waals surface area contributed by atoms with Crippen molar-refractivity contribution in [2.45, 2.75) is 31.2 Å². The van der Waals surface area contributed by atoms with Gasteiger partial charge in [-0.1, -0.05) is 6.92 Å². The maximum Gasteiger partial charge on any atom is 0.404 e. The zero-order chi connectivity index (χ0) is 20.2. The van der Waals surface area contributed by atoms with Crippen molar-refractivity contribution in [3.8, 4) is 0 Å². The van der Waals surface area contributed by atoms with E-state index in [0.717, 1.165) is 6.42 Å². The van der Waals surface area contributed by atoms with E-state index in [0.29, 0.717) is 13.2 Å². The van der Waals surface area contributed by atoms with Crippen LogP contribution in [-0.4, -0.2) is 73.8 Å². The molecule has 4 atom stereocenters. The molecule has 2 saturated heterocycles. The lowest BCUT2D eigenvalue weighted by Crippen LogP contribution is -2.55. The van der Waals surface area contributed by atoms with Gasteiger partial charge in [-0.15, -0.1) is 0 Å². The van der Waals surface area contributed by atoms with E-state index in [1.54, 1.807) is 0 Å². The van der Waals surface area contributed by atoms with Crippen LogP contribution in [0.1, 0.15) is 13.3 Å². The predicted octanol–water partition coefficient (Wildman–Crippen LogP) is -1.24. The van der Waals surface area contributed by atoms with Gasteiger partial charge in [-0.3, -0.25) is 9.59 Å². The number of amides is 1. The maximum absolute atomic E-state index is 13.3. The number of carbonyl (C=O) groups excluding carboxylic acids is 3. The predicted molar refractivity (Wildman–Crippen MR) is 95.5 cm³/mol. The van der Waals surface area contributed by atoms with Crippen molar-refractivity contribution in [1.82, 2.24) is 10.2 Å². The fourth-order valence-electron chi connectivity index (χ4n) is 4.70. The van der Waals surface area contributed by atoms with E-state index in [2.05, 4.69) is 5.32 Å². The maximum atomic E-state index is 13.3. The number of hydrogen-bond acceptors (Lipinski definition) is 9. The lowest BCUT2D eigenvalue weighted by Gasteiger charge is -2.39. The quantitative estimate of drug-likeness (QED) is 0.274. The van der Waals surface area contributed by atoms with E-state index in [4.69, 9.17) is 25.7 Å². The summed E-state index contributed by atoms with van der Waals surface area (Å²) < 4.78 is 16.4. The van der Waals surface area contributed by atoms with Crippen LogP contribution >= 0.6 is 0 Å². The van der Waals surface area contributed by atoms with E-state index in [1.165, 1.54) is 7.11 Å². The van der Waals surface area contributed by atoms with Gasteiger partial charge in [0.15, 0.2) is 5.72 Å². The number of allylic oxidation sites excluding steroid dienone is 2. The van der Waals surface area contributed by atoms with E-state index < -0.39 is 23.5 Å². The van der Waals surface area contributed by atoms with Gasteiger partial charge >= 0.3 is 6.09 Å². The van der Waals surface area contributed by atoms with Crippen LogP contribution in [0, 0.1) is 5.92 Å². The van der Waals surface area contributed by atoms with Crippen molar-refractivity contribution in [2.24, 2.45) is 17.4 Å². The molecule has 0 bridgehead atoms. The number of ether oxygens (including phenoxy) is 3. The number of hydrogen-bond donors (Lipinski definition) is 3. The number of carbonyl (C=O) groups is 3. The van der Waals surface area contributed by atoms with Crippen LogP contribution in [0.3, 0.4) is 0 Å². The summed E-state index contributed by atoms with van der Waals surface area (Å²) >= 11 is 0. The third-order valence-electron chi connectivity index (χ3n) is 5.92. The zero-order valence-corrected chi connectivity index (χ0v) is 15.8. The first kappa shape index (κ1) is 18.9. The molecule has 1 aliphatic carbocycles.